The number of allylic oxidation sites excluding steroid dienone is 1. The quantitative estimate of drug-likeness (QED) is 0.702. The van der Waals surface area contributed by atoms with E-state index in [2.05, 4.69) is 13.8 Å². The minimum atomic E-state index is -1.35. The maximum absolute atomic E-state index is 11.9. The Morgan fingerprint density at radius 1 is 1.23 bits per heavy atom. The van der Waals surface area contributed by atoms with E-state index in [1.807, 2.05) is 6.08 Å². The van der Waals surface area contributed by atoms with Crippen LogP contribution in [0.1, 0.15) is 58.8 Å². The van der Waals surface area contributed by atoms with Gasteiger partial charge >= 0.3 is 5.97 Å². The topological polar surface area (TPSA) is 94.8 Å². The fourth-order valence-corrected chi connectivity index (χ4v) is 7.42. The Balaban J connectivity index is 1.69. The summed E-state index contributed by atoms with van der Waals surface area (Å²) in [5.74, 6) is -0.430. The Bertz CT molecular complexity index is 669. The van der Waals surface area contributed by atoms with Crippen LogP contribution in [0.3, 0.4) is 0 Å². The fourth-order valence-electron chi connectivity index (χ4n) is 7.42. The van der Waals surface area contributed by atoms with Crippen molar-refractivity contribution in [1.82, 2.24) is 0 Å². The molecule has 5 heteroatoms. The van der Waals surface area contributed by atoms with Gasteiger partial charge in [0.25, 0.3) is 0 Å². The average molecular weight is 362 g/mol. The molecule has 0 heterocycles. The van der Waals surface area contributed by atoms with E-state index in [9.17, 15) is 24.9 Å². The Kier molecular flexibility index (Phi) is 4.12. The highest BCUT2D eigenvalue weighted by Crippen LogP contribution is 2.66. The molecular formula is C21H30O5. The highest BCUT2D eigenvalue weighted by molar-refractivity contribution is 5.91. The molecule has 0 amide bonds. The number of carbonyl (C=O) groups excluding carboxylic acids is 1. The van der Waals surface area contributed by atoms with Gasteiger partial charge in [0, 0.05) is 12.3 Å². The summed E-state index contributed by atoms with van der Waals surface area (Å²) < 4.78 is 0. The summed E-state index contributed by atoms with van der Waals surface area (Å²) in [7, 11) is 0. The van der Waals surface area contributed by atoms with Crippen LogP contribution in [0, 0.1) is 34.5 Å². The summed E-state index contributed by atoms with van der Waals surface area (Å²) in [5.41, 5.74) is 0.749. The minimum absolute atomic E-state index is 0.124. The van der Waals surface area contributed by atoms with Gasteiger partial charge in [-0.05, 0) is 73.2 Å². The Morgan fingerprint density at radius 2 is 1.96 bits per heavy atom. The molecule has 3 N–H and O–H groups in total. The first-order valence-corrected chi connectivity index (χ1v) is 10.0. The average Bonchev–Trinajstić information content (AvgIpc) is 2.90. The number of carboxylic acids is 1. The van der Waals surface area contributed by atoms with Crippen LogP contribution in [-0.2, 0) is 9.59 Å². The number of hydrogen-bond acceptors (Lipinski definition) is 4. The predicted octanol–water partition coefficient (Wildman–Crippen LogP) is 2.55. The molecule has 0 spiro atoms. The number of rotatable bonds is 2. The zero-order valence-corrected chi connectivity index (χ0v) is 15.6. The first-order chi connectivity index (χ1) is 12.2. The maximum Gasteiger partial charge on any atom is 0.332 e. The Morgan fingerprint density at radius 3 is 2.65 bits per heavy atom. The number of carboxylic acid groups (broad SMARTS) is 1. The molecule has 5 nitrogen and oxygen atoms in total. The molecule has 4 aliphatic rings. The smallest absolute Gasteiger partial charge is 0.332 e. The second kappa shape index (κ2) is 5.90. The molecule has 0 saturated heterocycles. The Labute approximate surface area is 154 Å². The van der Waals surface area contributed by atoms with Crippen molar-refractivity contribution in [3.05, 3.63) is 11.6 Å². The number of ketones is 1. The van der Waals surface area contributed by atoms with Crippen molar-refractivity contribution in [2.24, 2.45) is 34.5 Å². The van der Waals surface area contributed by atoms with E-state index in [0.717, 1.165) is 25.7 Å². The first-order valence-electron chi connectivity index (χ1n) is 10.0. The van der Waals surface area contributed by atoms with Gasteiger partial charge in [-0.1, -0.05) is 19.4 Å². The number of carbonyl (C=O) groups is 2. The van der Waals surface area contributed by atoms with E-state index in [1.54, 1.807) is 0 Å². The fraction of sp³-hybridized carbons (Fsp3) is 0.810. The molecule has 26 heavy (non-hydrogen) atoms. The Hall–Kier alpha value is -1.20. The number of fused-ring (bicyclic) bond motifs is 5. The molecule has 3 fully saturated rings. The number of aliphatic carboxylic acids is 1. The van der Waals surface area contributed by atoms with Crippen molar-refractivity contribution in [3.63, 3.8) is 0 Å². The second-order valence-corrected chi connectivity index (χ2v) is 9.63. The van der Waals surface area contributed by atoms with Gasteiger partial charge in [0.05, 0.1) is 6.10 Å². The van der Waals surface area contributed by atoms with Crippen molar-refractivity contribution < 1.29 is 24.9 Å². The lowest BCUT2D eigenvalue weighted by atomic mass is 9.46. The zero-order chi connectivity index (χ0) is 18.9. The third-order valence-corrected chi connectivity index (χ3v) is 8.60. The van der Waals surface area contributed by atoms with Crippen molar-refractivity contribution in [3.8, 4) is 0 Å². The predicted molar refractivity (Wildman–Crippen MR) is 95.2 cm³/mol. The molecule has 4 rings (SSSR count). The van der Waals surface area contributed by atoms with Gasteiger partial charge in [-0.3, -0.25) is 4.79 Å². The molecule has 144 valence electrons. The molecule has 3 saturated carbocycles. The van der Waals surface area contributed by atoms with Gasteiger partial charge in [-0.15, -0.1) is 0 Å². The summed E-state index contributed by atoms with van der Waals surface area (Å²) in [6, 6.07) is 0. The lowest BCUT2D eigenvalue weighted by molar-refractivity contribution is -0.162. The summed E-state index contributed by atoms with van der Waals surface area (Å²) in [6.45, 7) is 4.30. The van der Waals surface area contributed by atoms with Crippen molar-refractivity contribution in [1.29, 1.82) is 0 Å². The second-order valence-electron chi connectivity index (χ2n) is 9.63. The van der Waals surface area contributed by atoms with Gasteiger partial charge in [-0.25, -0.2) is 4.79 Å². The molecule has 0 aromatic rings. The van der Waals surface area contributed by atoms with Crippen molar-refractivity contribution in [2.45, 2.75) is 71.0 Å². The van der Waals surface area contributed by atoms with E-state index < -0.39 is 18.2 Å². The summed E-state index contributed by atoms with van der Waals surface area (Å²) in [4.78, 5) is 23.3. The molecule has 0 radical (unpaired) electrons. The lowest BCUT2D eigenvalue weighted by Crippen LogP contribution is -2.57. The third kappa shape index (κ3) is 2.36. The number of hydrogen-bond donors (Lipinski definition) is 3. The molecule has 8 unspecified atom stereocenters. The molecule has 0 aromatic carbocycles. The van der Waals surface area contributed by atoms with E-state index in [1.165, 1.54) is 5.57 Å². The molecule has 8 atom stereocenters. The molecule has 0 bridgehead atoms. The van der Waals surface area contributed by atoms with Gasteiger partial charge in [-0.2, -0.15) is 0 Å². The standard InChI is InChI=1S/C21H30O5/c1-20-8-7-12(22)9-11(20)3-4-13-14-5-6-15(18(24)19(25)26)21(14,2)10-16(23)17(13)20/h9,13-18,23-24H,3-8,10H2,1-2H3,(H,25,26). The minimum Gasteiger partial charge on any atom is -0.479 e. The maximum atomic E-state index is 11.9. The van der Waals surface area contributed by atoms with Crippen LogP contribution in [0.25, 0.3) is 0 Å². The van der Waals surface area contributed by atoms with Crippen LogP contribution in [0.5, 0.6) is 0 Å². The van der Waals surface area contributed by atoms with Crippen molar-refractivity contribution >= 4 is 11.8 Å². The van der Waals surface area contributed by atoms with E-state index >= 15 is 0 Å². The van der Waals surface area contributed by atoms with E-state index in [0.29, 0.717) is 31.1 Å². The van der Waals surface area contributed by atoms with Crippen LogP contribution in [-0.4, -0.2) is 39.3 Å². The van der Waals surface area contributed by atoms with Crippen LogP contribution in [0.2, 0.25) is 0 Å². The monoisotopic (exact) mass is 362 g/mol. The van der Waals surface area contributed by atoms with E-state index in [-0.39, 0.29) is 28.4 Å². The molecule has 0 aromatic heterocycles. The van der Waals surface area contributed by atoms with Gasteiger partial charge in [0.15, 0.2) is 11.9 Å². The van der Waals surface area contributed by atoms with Crippen LogP contribution >= 0.6 is 0 Å². The highest BCUT2D eigenvalue weighted by Gasteiger charge is 2.63. The van der Waals surface area contributed by atoms with Crippen LogP contribution in [0.15, 0.2) is 11.6 Å². The lowest BCUT2D eigenvalue weighted by Gasteiger charge is -2.60. The highest BCUT2D eigenvalue weighted by atomic mass is 16.4. The molecular weight excluding hydrogens is 332 g/mol. The summed E-state index contributed by atoms with van der Waals surface area (Å²) in [6.07, 6.45) is 5.35. The molecule has 0 aliphatic heterocycles. The van der Waals surface area contributed by atoms with E-state index in [4.69, 9.17) is 0 Å². The first kappa shape index (κ1) is 18.2. The zero-order valence-electron chi connectivity index (χ0n) is 15.6. The number of aliphatic hydroxyl groups excluding tert-OH is 2. The largest absolute Gasteiger partial charge is 0.479 e. The normalized spacial score (nSPS) is 48.8. The van der Waals surface area contributed by atoms with Crippen molar-refractivity contribution in [2.75, 3.05) is 0 Å². The SMILES string of the molecule is CC12CCC(=O)C=C1CCC1C2C(O)CC2(C)C(C(O)C(=O)O)CCC12. The molecule has 4 aliphatic carbocycles. The third-order valence-electron chi connectivity index (χ3n) is 8.60. The van der Waals surface area contributed by atoms with Crippen LogP contribution < -0.4 is 0 Å². The van der Waals surface area contributed by atoms with Crippen LogP contribution in [0.4, 0.5) is 0 Å². The summed E-state index contributed by atoms with van der Waals surface area (Å²) in [5, 5.41) is 30.7. The van der Waals surface area contributed by atoms with Gasteiger partial charge in [0.2, 0.25) is 0 Å². The van der Waals surface area contributed by atoms with Gasteiger partial charge < -0.3 is 15.3 Å². The summed E-state index contributed by atoms with van der Waals surface area (Å²) >= 11 is 0. The number of aliphatic hydroxyl groups is 2. The van der Waals surface area contributed by atoms with Gasteiger partial charge in [0.1, 0.15) is 0 Å².